The Bertz CT molecular complexity index is 1340. The van der Waals surface area contributed by atoms with Crippen LogP contribution in [-0.2, 0) is 7.05 Å². The fraction of sp³-hybridized carbons (Fsp3) is 0.333. The van der Waals surface area contributed by atoms with Gasteiger partial charge >= 0.3 is 6.01 Å². The van der Waals surface area contributed by atoms with Crippen molar-refractivity contribution in [3.8, 4) is 6.01 Å². The molecule has 1 fully saturated rings. The predicted octanol–water partition coefficient (Wildman–Crippen LogP) is 2.96. The third kappa shape index (κ3) is 4.07. The standard InChI is InChI=1S/C24H27N7O2/c1-14-11-31(12-15(2)26-14)21-8-6-18(22-19(21)10-25-24(28-22)33-4)23(32)27-17-5-7-20-16(9-17)13-30(3)29-20/h5-10,13-15,26H,11-12H2,1-4H3,(H,27,32)/t14-,15-/m0/s1. The highest BCUT2D eigenvalue weighted by Gasteiger charge is 2.24. The van der Waals surface area contributed by atoms with E-state index in [9.17, 15) is 4.79 Å². The Labute approximate surface area is 191 Å². The van der Waals surface area contributed by atoms with Crippen molar-refractivity contribution in [3.05, 3.63) is 48.3 Å². The Morgan fingerprint density at radius 2 is 1.97 bits per heavy atom. The van der Waals surface area contributed by atoms with Gasteiger partial charge in [-0.2, -0.15) is 10.1 Å². The molecule has 1 saturated heterocycles. The Morgan fingerprint density at radius 3 is 2.73 bits per heavy atom. The number of carbonyl (C=O) groups excluding carboxylic acids is 1. The molecule has 170 valence electrons. The average molecular weight is 446 g/mol. The molecule has 0 unspecified atom stereocenters. The largest absolute Gasteiger partial charge is 0.467 e. The van der Waals surface area contributed by atoms with Gasteiger partial charge in [-0.1, -0.05) is 0 Å². The Balaban J connectivity index is 1.53. The molecular formula is C24H27N7O2. The van der Waals surface area contributed by atoms with Crippen molar-refractivity contribution in [2.24, 2.45) is 7.05 Å². The van der Waals surface area contributed by atoms with E-state index >= 15 is 0 Å². The molecule has 2 aromatic heterocycles. The molecule has 2 aromatic carbocycles. The van der Waals surface area contributed by atoms with Crippen molar-refractivity contribution >= 4 is 39.1 Å². The maximum Gasteiger partial charge on any atom is 0.316 e. The highest BCUT2D eigenvalue weighted by molar-refractivity contribution is 6.14. The number of hydrogen-bond donors (Lipinski definition) is 2. The summed E-state index contributed by atoms with van der Waals surface area (Å²) >= 11 is 0. The summed E-state index contributed by atoms with van der Waals surface area (Å²) in [5.41, 5.74) is 3.63. The number of benzene rings is 2. The molecular weight excluding hydrogens is 418 g/mol. The van der Waals surface area contributed by atoms with E-state index in [-0.39, 0.29) is 11.9 Å². The molecule has 0 bridgehead atoms. The van der Waals surface area contributed by atoms with E-state index in [2.05, 4.69) is 44.4 Å². The maximum atomic E-state index is 13.3. The summed E-state index contributed by atoms with van der Waals surface area (Å²) in [5, 5.41) is 12.7. The lowest BCUT2D eigenvalue weighted by molar-refractivity contribution is 0.102. The lowest BCUT2D eigenvalue weighted by Gasteiger charge is -2.38. The van der Waals surface area contributed by atoms with E-state index in [0.717, 1.165) is 35.1 Å². The number of piperazine rings is 1. The van der Waals surface area contributed by atoms with Crippen LogP contribution >= 0.6 is 0 Å². The van der Waals surface area contributed by atoms with E-state index in [1.807, 2.05) is 43.6 Å². The van der Waals surface area contributed by atoms with Crippen LogP contribution in [-0.4, -0.2) is 57.9 Å². The van der Waals surface area contributed by atoms with Gasteiger partial charge in [0.2, 0.25) is 0 Å². The van der Waals surface area contributed by atoms with Gasteiger partial charge in [0.15, 0.2) is 0 Å². The van der Waals surface area contributed by atoms with Gasteiger partial charge in [-0.3, -0.25) is 9.48 Å². The van der Waals surface area contributed by atoms with Crippen LogP contribution in [0.3, 0.4) is 0 Å². The van der Waals surface area contributed by atoms with E-state index in [4.69, 9.17) is 4.74 Å². The van der Waals surface area contributed by atoms with Crippen molar-refractivity contribution in [2.45, 2.75) is 25.9 Å². The molecule has 1 amide bonds. The van der Waals surface area contributed by atoms with Gasteiger partial charge in [-0.05, 0) is 44.2 Å². The van der Waals surface area contributed by atoms with E-state index in [1.165, 1.54) is 7.11 Å². The van der Waals surface area contributed by atoms with Crippen LogP contribution in [0.4, 0.5) is 11.4 Å². The number of ether oxygens (including phenoxy) is 1. The van der Waals surface area contributed by atoms with Crippen LogP contribution in [0.2, 0.25) is 0 Å². The van der Waals surface area contributed by atoms with Gasteiger partial charge in [0.1, 0.15) is 0 Å². The molecule has 9 nitrogen and oxygen atoms in total. The number of carbonyl (C=O) groups is 1. The third-order valence-electron chi connectivity index (χ3n) is 5.91. The SMILES string of the molecule is COc1ncc2c(N3C[C@H](C)N[C@@H](C)C3)ccc(C(=O)Nc3ccc4nn(C)cc4c3)c2n1. The number of fused-ring (bicyclic) bond motifs is 2. The normalized spacial score (nSPS) is 18.6. The smallest absolute Gasteiger partial charge is 0.316 e. The first-order valence-corrected chi connectivity index (χ1v) is 11.0. The second-order valence-electron chi connectivity index (χ2n) is 8.66. The Hall–Kier alpha value is -3.72. The highest BCUT2D eigenvalue weighted by Crippen LogP contribution is 2.31. The summed E-state index contributed by atoms with van der Waals surface area (Å²) in [6.07, 6.45) is 3.66. The van der Waals surface area contributed by atoms with Crippen LogP contribution in [0.15, 0.2) is 42.7 Å². The molecule has 33 heavy (non-hydrogen) atoms. The predicted molar refractivity (Wildman–Crippen MR) is 129 cm³/mol. The van der Waals surface area contributed by atoms with Crippen LogP contribution in [0, 0.1) is 0 Å². The molecule has 0 saturated carbocycles. The number of hydrogen-bond acceptors (Lipinski definition) is 7. The van der Waals surface area contributed by atoms with Crippen LogP contribution in [0.1, 0.15) is 24.2 Å². The second kappa shape index (κ2) is 8.32. The Kier molecular flexibility index (Phi) is 5.33. The molecule has 1 aliphatic heterocycles. The van der Waals surface area contributed by atoms with Gasteiger partial charge in [-0.15, -0.1) is 0 Å². The van der Waals surface area contributed by atoms with Gasteiger partial charge in [-0.25, -0.2) is 4.98 Å². The van der Waals surface area contributed by atoms with Gasteiger partial charge in [0.25, 0.3) is 5.91 Å². The zero-order chi connectivity index (χ0) is 23.1. The summed E-state index contributed by atoms with van der Waals surface area (Å²) in [5.74, 6) is -0.238. The molecule has 0 spiro atoms. The lowest BCUT2D eigenvalue weighted by Crippen LogP contribution is -2.54. The summed E-state index contributed by atoms with van der Waals surface area (Å²) in [6.45, 7) is 6.07. The molecule has 1 aliphatic rings. The van der Waals surface area contributed by atoms with E-state index in [1.54, 1.807) is 10.9 Å². The van der Waals surface area contributed by atoms with Crippen LogP contribution in [0.25, 0.3) is 21.8 Å². The summed E-state index contributed by atoms with van der Waals surface area (Å²) in [7, 11) is 3.40. The van der Waals surface area contributed by atoms with E-state index in [0.29, 0.717) is 28.9 Å². The first-order chi connectivity index (χ1) is 15.9. The van der Waals surface area contributed by atoms with Crippen LogP contribution in [0.5, 0.6) is 6.01 Å². The summed E-state index contributed by atoms with van der Waals surface area (Å²) in [4.78, 5) is 24.5. The minimum atomic E-state index is -0.238. The second-order valence-corrected chi connectivity index (χ2v) is 8.66. The number of nitrogens with one attached hydrogen (secondary N) is 2. The number of amides is 1. The summed E-state index contributed by atoms with van der Waals surface area (Å²) < 4.78 is 7.01. The number of methoxy groups -OCH3 is 1. The zero-order valence-corrected chi connectivity index (χ0v) is 19.2. The Morgan fingerprint density at radius 1 is 1.18 bits per heavy atom. The number of nitrogens with zero attached hydrogens (tertiary/aromatic N) is 5. The number of anilines is 2. The van der Waals surface area contributed by atoms with Crippen molar-refractivity contribution in [1.82, 2.24) is 25.1 Å². The van der Waals surface area contributed by atoms with E-state index < -0.39 is 0 Å². The zero-order valence-electron chi connectivity index (χ0n) is 19.2. The lowest BCUT2D eigenvalue weighted by atomic mass is 10.0. The molecule has 0 radical (unpaired) electrons. The van der Waals surface area contributed by atoms with Crippen molar-refractivity contribution in [2.75, 3.05) is 30.4 Å². The fourth-order valence-corrected chi connectivity index (χ4v) is 4.60. The minimum Gasteiger partial charge on any atom is -0.467 e. The minimum absolute atomic E-state index is 0.229. The number of rotatable bonds is 4. The topological polar surface area (TPSA) is 97.2 Å². The molecule has 2 atom stereocenters. The maximum absolute atomic E-state index is 13.3. The van der Waals surface area contributed by atoms with Gasteiger partial charge < -0.3 is 20.3 Å². The molecule has 5 rings (SSSR count). The monoisotopic (exact) mass is 445 g/mol. The van der Waals surface area contributed by atoms with Crippen molar-refractivity contribution in [1.29, 1.82) is 0 Å². The molecule has 4 aromatic rings. The van der Waals surface area contributed by atoms with Gasteiger partial charge in [0.05, 0.1) is 23.7 Å². The van der Waals surface area contributed by atoms with Gasteiger partial charge in [0, 0.05) is 66.8 Å². The number of aromatic nitrogens is 4. The first-order valence-electron chi connectivity index (χ1n) is 11.0. The first kappa shape index (κ1) is 21.1. The molecule has 9 heteroatoms. The average Bonchev–Trinajstić information content (AvgIpc) is 3.16. The molecule has 0 aliphatic carbocycles. The third-order valence-corrected chi connectivity index (χ3v) is 5.91. The number of aryl methyl sites for hydroxylation is 1. The van der Waals surface area contributed by atoms with Crippen molar-refractivity contribution in [3.63, 3.8) is 0 Å². The molecule has 3 heterocycles. The fourth-order valence-electron chi connectivity index (χ4n) is 4.60. The van der Waals surface area contributed by atoms with Crippen LogP contribution < -0.4 is 20.3 Å². The highest BCUT2D eigenvalue weighted by atomic mass is 16.5. The quantitative estimate of drug-likeness (QED) is 0.498. The molecule has 2 N–H and O–H groups in total. The summed E-state index contributed by atoms with van der Waals surface area (Å²) in [6, 6.07) is 10.4. The van der Waals surface area contributed by atoms with Crippen molar-refractivity contribution < 1.29 is 9.53 Å².